The molecular weight excluding hydrogens is 454 g/mol. The fraction of sp³-hybridized carbons (Fsp3) is 0.458. The van der Waals surface area contributed by atoms with Crippen molar-refractivity contribution in [1.29, 1.82) is 0 Å². The molecule has 0 atom stereocenters. The van der Waals surface area contributed by atoms with Crippen LogP contribution >= 0.6 is 35.8 Å². The van der Waals surface area contributed by atoms with Gasteiger partial charge in [0.05, 0.1) is 10.6 Å². The minimum atomic E-state index is -0.455. The first-order valence-electron chi connectivity index (χ1n) is 10.8. The van der Waals surface area contributed by atoms with Crippen molar-refractivity contribution in [2.75, 3.05) is 13.1 Å². The molecule has 2 aromatic rings. The molecule has 168 valence electrons. The van der Waals surface area contributed by atoms with Crippen LogP contribution in [0.1, 0.15) is 59.2 Å². The SMILES string of the molecule is Cl.O=C(NC1CCCCC1)c1ccc(CSc2c(Cl)ccc3c2CCNCC3)cc1F. The molecule has 0 aromatic heterocycles. The number of nitrogens with one attached hydrogen (secondary N) is 2. The fourth-order valence-electron chi connectivity index (χ4n) is 4.36. The Hall–Kier alpha value is -1.27. The van der Waals surface area contributed by atoms with Gasteiger partial charge in [0.25, 0.3) is 5.91 Å². The number of fused-ring (bicyclic) bond motifs is 1. The monoisotopic (exact) mass is 482 g/mol. The van der Waals surface area contributed by atoms with Crippen LogP contribution in [0, 0.1) is 5.82 Å². The molecule has 0 spiro atoms. The number of hydrogen-bond acceptors (Lipinski definition) is 3. The third-order valence-corrected chi connectivity index (χ3v) is 7.69. The van der Waals surface area contributed by atoms with Gasteiger partial charge >= 0.3 is 0 Å². The van der Waals surface area contributed by atoms with E-state index in [4.69, 9.17) is 11.6 Å². The van der Waals surface area contributed by atoms with E-state index in [-0.39, 0.29) is 29.9 Å². The van der Waals surface area contributed by atoms with E-state index in [0.717, 1.165) is 67.1 Å². The first-order chi connectivity index (χ1) is 14.6. The van der Waals surface area contributed by atoms with Crippen LogP contribution in [0.25, 0.3) is 0 Å². The van der Waals surface area contributed by atoms with Crippen LogP contribution in [-0.2, 0) is 18.6 Å². The molecule has 0 radical (unpaired) electrons. The Morgan fingerprint density at radius 2 is 1.90 bits per heavy atom. The molecule has 1 aliphatic heterocycles. The summed E-state index contributed by atoms with van der Waals surface area (Å²) in [6.45, 7) is 1.93. The smallest absolute Gasteiger partial charge is 0.254 e. The van der Waals surface area contributed by atoms with Gasteiger partial charge in [0, 0.05) is 16.7 Å². The van der Waals surface area contributed by atoms with Gasteiger partial charge < -0.3 is 10.6 Å². The number of benzene rings is 2. The highest BCUT2D eigenvalue weighted by Gasteiger charge is 2.20. The second-order valence-corrected chi connectivity index (χ2v) is 9.57. The number of thioether (sulfide) groups is 1. The second kappa shape index (κ2) is 11.6. The molecular formula is C24H29Cl2FN2OS. The molecule has 1 heterocycles. The predicted molar refractivity (Wildman–Crippen MR) is 129 cm³/mol. The molecule has 0 bridgehead atoms. The summed E-state index contributed by atoms with van der Waals surface area (Å²) in [5.41, 5.74) is 3.63. The average Bonchev–Trinajstić information content (AvgIpc) is 2.99. The largest absolute Gasteiger partial charge is 0.349 e. The van der Waals surface area contributed by atoms with Gasteiger partial charge in [0.15, 0.2) is 0 Å². The highest BCUT2D eigenvalue weighted by molar-refractivity contribution is 7.98. The molecule has 2 aliphatic rings. The summed E-state index contributed by atoms with van der Waals surface area (Å²) in [6.07, 6.45) is 7.40. The third kappa shape index (κ3) is 6.16. The Morgan fingerprint density at radius 1 is 1.13 bits per heavy atom. The summed E-state index contributed by atoms with van der Waals surface area (Å²) >= 11 is 8.15. The Labute approximate surface area is 199 Å². The van der Waals surface area contributed by atoms with E-state index in [0.29, 0.717) is 5.75 Å². The number of carbonyl (C=O) groups is 1. The van der Waals surface area contributed by atoms with Gasteiger partial charge in [-0.05, 0) is 73.7 Å². The van der Waals surface area contributed by atoms with Crippen molar-refractivity contribution in [3.05, 3.63) is 63.4 Å². The summed E-state index contributed by atoms with van der Waals surface area (Å²) in [7, 11) is 0. The lowest BCUT2D eigenvalue weighted by atomic mass is 9.95. The van der Waals surface area contributed by atoms with Crippen molar-refractivity contribution in [2.45, 2.75) is 61.6 Å². The topological polar surface area (TPSA) is 41.1 Å². The second-order valence-electron chi connectivity index (χ2n) is 8.18. The van der Waals surface area contributed by atoms with Crippen molar-refractivity contribution in [1.82, 2.24) is 10.6 Å². The van der Waals surface area contributed by atoms with Gasteiger partial charge in [0.1, 0.15) is 5.82 Å². The maximum Gasteiger partial charge on any atom is 0.254 e. The normalized spacial score (nSPS) is 16.7. The van der Waals surface area contributed by atoms with Gasteiger partial charge in [-0.2, -0.15) is 0 Å². The number of rotatable bonds is 5. The van der Waals surface area contributed by atoms with E-state index in [1.54, 1.807) is 17.8 Å². The molecule has 0 unspecified atom stereocenters. The molecule has 1 fully saturated rings. The summed E-state index contributed by atoms with van der Waals surface area (Å²) in [4.78, 5) is 13.6. The van der Waals surface area contributed by atoms with Crippen molar-refractivity contribution < 1.29 is 9.18 Å². The summed E-state index contributed by atoms with van der Waals surface area (Å²) in [5, 5.41) is 7.18. The lowest BCUT2D eigenvalue weighted by molar-refractivity contribution is 0.0923. The highest BCUT2D eigenvalue weighted by Crippen LogP contribution is 2.36. The van der Waals surface area contributed by atoms with E-state index >= 15 is 0 Å². The zero-order chi connectivity index (χ0) is 20.9. The lowest BCUT2D eigenvalue weighted by Crippen LogP contribution is -2.36. The Bertz CT molecular complexity index is 919. The molecule has 1 aliphatic carbocycles. The van der Waals surface area contributed by atoms with E-state index in [2.05, 4.69) is 16.7 Å². The maximum absolute atomic E-state index is 14.7. The quantitative estimate of drug-likeness (QED) is 0.517. The number of halogens is 3. The zero-order valence-electron chi connectivity index (χ0n) is 17.5. The minimum Gasteiger partial charge on any atom is -0.349 e. The van der Waals surface area contributed by atoms with Gasteiger partial charge in [-0.1, -0.05) is 43.0 Å². The standard InChI is InChI=1S/C24H28ClFN2OS.ClH/c25-21-9-7-17-10-12-27-13-11-19(17)23(21)30-15-16-6-8-20(22(26)14-16)24(29)28-18-4-2-1-3-5-18;/h6-9,14,18,27H,1-5,10-13,15H2,(H,28,29);1H. The molecule has 1 saturated carbocycles. The van der Waals surface area contributed by atoms with Gasteiger partial charge in [0.2, 0.25) is 0 Å². The molecule has 2 aromatic carbocycles. The molecule has 7 heteroatoms. The summed E-state index contributed by atoms with van der Waals surface area (Å²) in [6, 6.07) is 9.20. The van der Waals surface area contributed by atoms with Crippen LogP contribution in [0.4, 0.5) is 4.39 Å². The lowest BCUT2D eigenvalue weighted by Gasteiger charge is -2.22. The van der Waals surface area contributed by atoms with Gasteiger partial charge in [-0.25, -0.2) is 4.39 Å². The van der Waals surface area contributed by atoms with E-state index < -0.39 is 5.82 Å². The van der Waals surface area contributed by atoms with Crippen LogP contribution in [0.3, 0.4) is 0 Å². The molecule has 1 amide bonds. The van der Waals surface area contributed by atoms with E-state index in [9.17, 15) is 9.18 Å². The van der Waals surface area contributed by atoms with Crippen molar-refractivity contribution >= 4 is 41.7 Å². The first kappa shape index (κ1) is 24.4. The van der Waals surface area contributed by atoms with Crippen LogP contribution in [0.2, 0.25) is 5.02 Å². The van der Waals surface area contributed by atoms with Crippen LogP contribution in [0.5, 0.6) is 0 Å². The molecule has 31 heavy (non-hydrogen) atoms. The number of amides is 1. The fourth-order valence-corrected chi connectivity index (χ4v) is 5.81. The van der Waals surface area contributed by atoms with Crippen LogP contribution in [0.15, 0.2) is 35.2 Å². The predicted octanol–water partition coefficient (Wildman–Crippen LogP) is 5.94. The van der Waals surface area contributed by atoms with Crippen LogP contribution in [-0.4, -0.2) is 25.0 Å². The molecule has 3 nitrogen and oxygen atoms in total. The number of hydrogen-bond donors (Lipinski definition) is 2. The third-order valence-electron chi connectivity index (χ3n) is 6.03. The highest BCUT2D eigenvalue weighted by atomic mass is 35.5. The molecule has 4 rings (SSSR count). The average molecular weight is 483 g/mol. The molecule has 2 N–H and O–H groups in total. The zero-order valence-corrected chi connectivity index (χ0v) is 19.9. The first-order valence-corrected chi connectivity index (χ1v) is 12.2. The summed E-state index contributed by atoms with van der Waals surface area (Å²) < 4.78 is 14.7. The number of carbonyl (C=O) groups excluding carboxylic acids is 1. The van der Waals surface area contributed by atoms with E-state index in [1.165, 1.54) is 23.6 Å². The Balaban J connectivity index is 0.00000272. The summed E-state index contributed by atoms with van der Waals surface area (Å²) in [5.74, 6) is -0.142. The Morgan fingerprint density at radius 3 is 2.68 bits per heavy atom. The van der Waals surface area contributed by atoms with Crippen molar-refractivity contribution in [3.8, 4) is 0 Å². The van der Waals surface area contributed by atoms with Crippen molar-refractivity contribution in [3.63, 3.8) is 0 Å². The van der Waals surface area contributed by atoms with Crippen LogP contribution < -0.4 is 10.6 Å². The molecule has 0 saturated heterocycles. The maximum atomic E-state index is 14.7. The van der Waals surface area contributed by atoms with Gasteiger partial charge in [-0.3, -0.25) is 4.79 Å². The Kier molecular flexibility index (Phi) is 9.08. The van der Waals surface area contributed by atoms with Crippen molar-refractivity contribution in [2.24, 2.45) is 0 Å². The van der Waals surface area contributed by atoms with Gasteiger partial charge in [-0.15, -0.1) is 24.2 Å². The van der Waals surface area contributed by atoms with E-state index in [1.807, 2.05) is 12.1 Å². The minimum absolute atomic E-state index is 0.